The molecule has 1 saturated heterocycles. The lowest BCUT2D eigenvalue weighted by Crippen LogP contribution is -2.22. The molecular formula is C11H16N2OS. The van der Waals surface area contributed by atoms with Gasteiger partial charge in [0, 0.05) is 12.3 Å². The molecule has 82 valence electrons. The highest BCUT2D eigenvalue weighted by molar-refractivity contribution is 8.13. The first-order valence-electron chi connectivity index (χ1n) is 5.98. The molecule has 2 saturated carbocycles. The van der Waals surface area contributed by atoms with E-state index in [0.29, 0.717) is 12.2 Å². The highest BCUT2D eigenvalue weighted by Gasteiger charge is 2.62. The predicted octanol–water partition coefficient (Wildman–Crippen LogP) is 1.10. The third-order valence-corrected chi connectivity index (χ3v) is 5.45. The highest BCUT2D eigenvalue weighted by Crippen LogP contribution is 2.59. The molecule has 0 aromatic heterocycles. The Bertz CT molecular complexity index is 320. The van der Waals surface area contributed by atoms with Crippen molar-refractivity contribution < 1.29 is 4.74 Å². The van der Waals surface area contributed by atoms with Gasteiger partial charge in [-0.2, -0.15) is 0 Å². The van der Waals surface area contributed by atoms with Gasteiger partial charge in [-0.15, -0.1) is 0 Å². The van der Waals surface area contributed by atoms with Crippen LogP contribution in [-0.2, 0) is 4.74 Å². The fourth-order valence-electron chi connectivity index (χ4n) is 3.58. The van der Waals surface area contributed by atoms with Crippen LogP contribution in [-0.4, -0.2) is 36.2 Å². The Labute approximate surface area is 94.0 Å². The van der Waals surface area contributed by atoms with Crippen LogP contribution in [0.25, 0.3) is 0 Å². The number of nitrogens with zero attached hydrogens (tertiary/aromatic N) is 1. The first kappa shape index (κ1) is 8.88. The molecule has 0 unspecified atom stereocenters. The summed E-state index contributed by atoms with van der Waals surface area (Å²) in [7, 11) is 0. The zero-order chi connectivity index (χ0) is 9.83. The Kier molecular flexibility index (Phi) is 1.86. The summed E-state index contributed by atoms with van der Waals surface area (Å²) in [6, 6.07) is 0. The lowest BCUT2D eigenvalue weighted by atomic mass is 9.90. The Morgan fingerprint density at radius 1 is 1.40 bits per heavy atom. The predicted molar refractivity (Wildman–Crippen MR) is 61.1 cm³/mol. The summed E-state index contributed by atoms with van der Waals surface area (Å²) in [4.78, 5) is 4.43. The fourth-order valence-corrected chi connectivity index (χ4v) is 4.72. The molecule has 2 heterocycles. The smallest absolute Gasteiger partial charge is 0.156 e. The van der Waals surface area contributed by atoms with Crippen molar-refractivity contribution in [1.29, 1.82) is 0 Å². The van der Waals surface area contributed by atoms with Crippen LogP contribution < -0.4 is 5.32 Å². The number of hydrogen-bond acceptors (Lipinski definition) is 4. The Morgan fingerprint density at radius 3 is 3.13 bits per heavy atom. The lowest BCUT2D eigenvalue weighted by molar-refractivity contribution is 0.255. The molecule has 3 nitrogen and oxygen atoms in total. The van der Waals surface area contributed by atoms with Gasteiger partial charge in [-0.1, -0.05) is 11.8 Å². The summed E-state index contributed by atoms with van der Waals surface area (Å²) < 4.78 is 5.69. The van der Waals surface area contributed by atoms with Crippen LogP contribution >= 0.6 is 11.8 Å². The summed E-state index contributed by atoms with van der Waals surface area (Å²) in [6.45, 7) is 2.00. The van der Waals surface area contributed by atoms with Crippen LogP contribution in [0.5, 0.6) is 0 Å². The summed E-state index contributed by atoms with van der Waals surface area (Å²) in [6.07, 6.45) is 4.19. The minimum atomic E-state index is 0.660. The lowest BCUT2D eigenvalue weighted by Gasteiger charge is -2.18. The van der Waals surface area contributed by atoms with E-state index >= 15 is 0 Å². The van der Waals surface area contributed by atoms with Crippen molar-refractivity contribution in [3.05, 3.63) is 0 Å². The Balaban J connectivity index is 1.35. The van der Waals surface area contributed by atoms with Crippen LogP contribution in [0, 0.1) is 17.8 Å². The van der Waals surface area contributed by atoms with E-state index in [1.807, 2.05) is 11.8 Å². The molecule has 0 aromatic rings. The quantitative estimate of drug-likeness (QED) is 0.714. The number of epoxide rings is 1. The van der Waals surface area contributed by atoms with Crippen molar-refractivity contribution in [3.63, 3.8) is 0 Å². The van der Waals surface area contributed by atoms with Crippen molar-refractivity contribution in [3.8, 4) is 0 Å². The second-order valence-electron chi connectivity index (χ2n) is 5.15. The van der Waals surface area contributed by atoms with Gasteiger partial charge in [-0.3, -0.25) is 4.99 Å². The molecule has 2 aliphatic carbocycles. The molecule has 2 bridgehead atoms. The van der Waals surface area contributed by atoms with Crippen molar-refractivity contribution in [2.24, 2.45) is 22.7 Å². The topological polar surface area (TPSA) is 36.9 Å². The third kappa shape index (κ3) is 1.34. The van der Waals surface area contributed by atoms with Crippen molar-refractivity contribution in [2.75, 3.05) is 18.8 Å². The van der Waals surface area contributed by atoms with E-state index < -0.39 is 0 Å². The number of fused-ring (bicyclic) bond motifs is 5. The highest BCUT2D eigenvalue weighted by atomic mass is 32.2. The Hall–Kier alpha value is -0.220. The summed E-state index contributed by atoms with van der Waals surface area (Å²) in [5.41, 5.74) is 0. The number of aliphatic imine (C=N–C) groups is 1. The third-order valence-electron chi connectivity index (χ3n) is 4.31. The molecule has 4 aliphatic rings. The zero-order valence-corrected chi connectivity index (χ0v) is 9.50. The number of hydrogen-bond donors (Lipinski definition) is 1. The van der Waals surface area contributed by atoms with Crippen molar-refractivity contribution >= 4 is 16.9 Å². The minimum Gasteiger partial charge on any atom is -0.369 e. The maximum Gasteiger partial charge on any atom is 0.156 e. The van der Waals surface area contributed by atoms with Crippen LogP contribution in [0.15, 0.2) is 4.99 Å². The van der Waals surface area contributed by atoms with Gasteiger partial charge in [-0.25, -0.2) is 0 Å². The average molecular weight is 224 g/mol. The number of thioether (sulfide) groups is 1. The average Bonchev–Trinajstić information content (AvgIpc) is 2.67. The first-order valence-corrected chi connectivity index (χ1v) is 6.97. The van der Waals surface area contributed by atoms with Crippen LogP contribution in [0.4, 0.5) is 0 Å². The maximum atomic E-state index is 5.69. The van der Waals surface area contributed by atoms with Crippen LogP contribution in [0.3, 0.4) is 0 Å². The minimum absolute atomic E-state index is 0.660. The molecule has 3 fully saturated rings. The van der Waals surface area contributed by atoms with E-state index in [0.717, 1.165) is 30.8 Å². The van der Waals surface area contributed by atoms with E-state index in [1.54, 1.807) is 0 Å². The number of nitrogens with one attached hydrogen (secondary N) is 1. The molecule has 0 spiro atoms. The van der Waals surface area contributed by atoms with E-state index in [2.05, 4.69) is 10.3 Å². The number of ether oxygens (including phenoxy) is 1. The van der Waals surface area contributed by atoms with Gasteiger partial charge in [0.25, 0.3) is 0 Å². The van der Waals surface area contributed by atoms with Crippen LogP contribution in [0.2, 0.25) is 0 Å². The molecule has 0 aromatic carbocycles. The molecule has 5 atom stereocenters. The van der Waals surface area contributed by atoms with Crippen molar-refractivity contribution in [1.82, 2.24) is 5.32 Å². The van der Waals surface area contributed by atoms with Gasteiger partial charge in [0.2, 0.25) is 0 Å². The summed E-state index contributed by atoms with van der Waals surface area (Å²) in [5, 5.41) is 4.50. The number of amidine groups is 1. The normalized spacial score (nSPS) is 50.1. The van der Waals surface area contributed by atoms with E-state index in [-0.39, 0.29) is 0 Å². The van der Waals surface area contributed by atoms with E-state index in [9.17, 15) is 0 Å². The SMILES string of the molecule is C1CNC(SC[C@H]2C[C@H]3C[C@@H]2[C@H]2O[C@H]32)=N1. The molecule has 15 heavy (non-hydrogen) atoms. The number of rotatable bonds is 2. The van der Waals surface area contributed by atoms with Gasteiger partial charge >= 0.3 is 0 Å². The molecule has 0 radical (unpaired) electrons. The second-order valence-corrected chi connectivity index (χ2v) is 6.15. The molecule has 2 aliphatic heterocycles. The molecule has 1 N–H and O–H groups in total. The summed E-state index contributed by atoms with van der Waals surface area (Å²) >= 11 is 1.92. The molecule has 4 heteroatoms. The maximum absolute atomic E-state index is 5.69. The summed E-state index contributed by atoms with van der Waals surface area (Å²) in [5.74, 6) is 3.94. The fraction of sp³-hybridized carbons (Fsp3) is 0.909. The standard InChI is InChI=1S/C11H16N2OS/c1-2-13-11(12-1)15-5-7-3-6-4-8(7)10-9(6)14-10/h6-10H,1-5H2,(H,12,13)/t6-,7+,8-,9+,10+/m0/s1. The van der Waals surface area contributed by atoms with Gasteiger partial charge in [-0.05, 0) is 30.6 Å². The van der Waals surface area contributed by atoms with Crippen molar-refractivity contribution in [2.45, 2.75) is 25.0 Å². The molecular weight excluding hydrogens is 208 g/mol. The van der Waals surface area contributed by atoms with Crippen LogP contribution in [0.1, 0.15) is 12.8 Å². The largest absolute Gasteiger partial charge is 0.369 e. The Morgan fingerprint density at radius 2 is 2.40 bits per heavy atom. The van der Waals surface area contributed by atoms with E-state index in [1.165, 1.54) is 23.8 Å². The molecule has 0 amide bonds. The first-order chi connectivity index (χ1) is 7.42. The second kappa shape index (κ2) is 3.14. The van der Waals surface area contributed by atoms with Gasteiger partial charge in [0.05, 0.1) is 18.8 Å². The zero-order valence-electron chi connectivity index (χ0n) is 8.69. The monoisotopic (exact) mass is 224 g/mol. The van der Waals surface area contributed by atoms with Gasteiger partial charge in [0.15, 0.2) is 5.17 Å². The van der Waals surface area contributed by atoms with Gasteiger partial charge < -0.3 is 10.1 Å². The van der Waals surface area contributed by atoms with E-state index in [4.69, 9.17) is 4.74 Å². The molecule has 4 rings (SSSR count). The van der Waals surface area contributed by atoms with Gasteiger partial charge in [0.1, 0.15) is 0 Å².